The van der Waals surface area contributed by atoms with Gasteiger partial charge in [-0.05, 0) is 60.1 Å². The summed E-state index contributed by atoms with van der Waals surface area (Å²) in [5, 5.41) is 9.02. The Morgan fingerprint density at radius 1 is 1.33 bits per heavy atom. The van der Waals surface area contributed by atoms with Gasteiger partial charge in [0.25, 0.3) is 0 Å². The second-order valence-corrected chi connectivity index (χ2v) is 7.33. The number of nitrogens with one attached hydrogen (secondary N) is 1. The number of hydrogen-bond donors (Lipinski definition) is 2. The molecule has 0 aromatic heterocycles. The zero-order valence-electron chi connectivity index (χ0n) is 11.6. The molecule has 8 heteroatoms. The van der Waals surface area contributed by atoms with Crippen LogP contribution in [0.25, 0.3) is 0 Å². The fourth-order valence-electron chi connectivity index (χ4n) is 1.67. The van der Waals surface area contributed by atoms with Crippen molar-refractivity contribution >= 4 is 38.6 Å². The van der Waals surface area contributed by atoms with E-state index in [1.807, 2.05) is 22.6 Å². The van der Waals surface area contributed by atoms with Gasteiger partial charge in [-0.25, -0.2) is 17.9 Å². The van der Waals surface area contributed by atoms with Gasteiger partial charge < -0.3 is 9.84 Å². The Morgan fingerprint density at radius 3 is 2.67 bits per heavy atom. The van der Waals surface area contributed by atoms with E-state index in [0.717, 1.165) is 12.8 Å². The van der Waals surface area contributed by atoms with Crippen LogP contribution in [0.15, 0.2) is 23.1 Å². The van der Waals surface area contributed by atoms with E-state index in [2.05, 4.69) is 4.72 Å². The first-order chi connectivity index (χ1) is 9.88. The van der Waals surface area contributed by atoms with Crippen molar-refractivity contribution in [3.63, 3.8) is 0 Å². The summed E-state index contributed by atoms with van der Waals surface area (Å²) >= 11 is 1.86. The number of carbonyl (C=O) groups is 1. The number of sulfonamides is 1. The molecule has 0 spiro atoms. The van der Waals surface area contributed by atoms with Crippen LogP contribution in [-0.4, -0.2) is 39.8 Å². The Bertz CT molecular complexity index is 588. The van der Waals surface area contributed by atoms with E-state index in [0.29, 0.717) is 23.1 Å². The Labute approximate surface area is 138 Å². The van der Waals surface area contributed by atoms with Gasteiger partial charge in [-0.1, -0.05) is 0 Å². The molecule has 0 unspecified atom stereocenters. The van der Waals surface area contributed by atoms with E-state index in [9.17, 15) is 13.2 Å². The van der Waals surface area contributed by atoms with Crippen LogP contribution in [0.1, 0.15) is 29.6 Å². The predicted octanol–water partition coefficient (Wildman–Crippen LogP) is 2.08. The van der Waals surface area contributed by atoms with Crippen LogP contribution in [0.5, 0.6) is 0 Å². The largest absolute Gasteiger partial charge is 0.478 e. The summed E-state index contributed by atoms with van der Waals surface area (Å²) in [4.78, 5) is 11.0. The van der Waals surface area contributed by atoms with Gasteiger partial charge in [0.05, 0.1) is 10.5 Å². The van der Waals surface area contributed by atoms with Crippen molar-refractivity contribution < 1.29 is 23.1 Å². The van der Waals surface area contributed by atoms with E-state index in [1.165, 1.54) is 18.2 Å². The summed E-state index contributed by atoms with van der Waals surface area (Å²) in [5.41, 5.74) is -0.0152. The number of carboxylic acid groups (broad SMARTS) is 1. The molecule has 118 valence electrons. The Balaban J connectivity index is 2.66. The summed E-state index contributed by atoms with van der Waals surface area (Å²) in [5.74, 6) is -1.14. The molecule has 1 aromatic carbocycles. The highest BCUT2D eigenvalue weighted by Gasteiger charge is 2.17. The zero-order valence-corrected chi connectivity index (χ0v) is 14.6. The molecule has 0 atom stereocenters. The lowest BCUT2D eigenvalue weighted by Gasteiger charge is -2.08. The van der Waals surface area contributed by atoms with Gasteiger partial charge in [0.2, 0.25) is 10.0 Å². The summed E-state index contributed by atoms with van der Waals surface area (Å²) in [6.07, 6.45) is 2.45. The number of rotatable bonds is 9. The Hall–Kier alpha value is -0.710. The number of benzene rings is 1. The predicted molar refractivity (Wildman–Crippen MR) is 87.0 cm³/mol. The van der Waals surface area contributed by atoms with Crippen LogP contribution in [0.4, 0.5) is 0 Å². The summed E-state index contributed by atoms with van der Waals surface area (Å²) in [7, 11) is -2.05. The third kappa shape index (κ3) is 5.89. The van der Waals surface area contributed by atoms with Crippen molar-refractivity contribution in [1.29, 1.82) is 0 Å². The lowest BCUT2D eigenvalue weighted by Crippen LogP contribution is -2.25. The fourth-order valence-corrected chi connectivity index (χ4v) is 3.34. The maximum Gasteiger partial charge on any atom is 0.336 e. The molecule has 0 aliphatic heterocycles. The number of unbranched alkanes of at least 4 members (excludes halogenated alkanes) is 2. The summed E-state index contributed by atoms with van der Waals surface area (Å²) < 4.78 is 32.0. The molecular weight excluding hydrogens is 409 g/mol. The number of ether oxygens (including phenoxy) is 1. The van der Waals surface area contributed by atoms with Crippen LogP contribution < -0.4 is 4.72 Å². The smallest absolute Gasteiger partial charge is 0.336 e. The van der Waals surface area contributed by atoms with Crippen molar-refractivity contribution in [3.05, 3.63) is 27.3 Å². The van der Waals surface area contributed by atoms with Crippen molar-refractivity contribution in [2.24, 2.45) is 0 Å². The lowest BCUT2D eigenvalue weighted by atomic mass is 10.2. The first-order valence-electron chi connectivity index (χ1n) is 6.40. The van der Waals surface area contributed by atoms with Gasteiger partial charge in [-0.15, -0.1) is 0 Å². The van der Waals surface area contributed by atoms with E-state index >= 15 is 0 Å². The van der Waals surface area contributed by atoms with Crippen LogP contribution in [0.3, 0.4) is 0 Å². The standard InChI is InChI=1S/C13H18INO5S/c1-20-8-4-2-3-7-15-21(18,19)10-5-6-12(14)11(9-10)13(16)17/h5-6,9,15H,2-4,7-8H2,1H3,(H,16,17). The van der Waals surface area contributed by atoms with Crippen molar-refractivity contribution in [2.45, 2.75) is 24.2 Å². The average Bonchev–Trinajstić information content (AvgIpc) is 2.42. The zero-order chi connectivity index (χ0) is 15.9. The molecule has 0 saturated carbocycles. The van der Waals surface area contributed by atoms with E-state index in [4.69, 9.17) is 9.84 Å². The topological polar surface area (TPSA) is 92.7 Å². The molecule has 21 heavy (non-hydrogen) atoms. The third-order valence-corrected chi connectivity index (χ3v) is 5.20. The van der Waals surface area contributed by atoms with Gasteiger partial charge in [-0.2, -0.15) is 0 Å². The molecule has 6 nitrogen and oxygen atoms in total. The number of halogens is 1. The van der Waals surface area contributed by atoms with E-state index in [-0.39, 0.29) is 10.5 Å². The average molecular weight is 427 g/mol. The SMILES string of the molecule is COCCCCCNS(=O)(=O)c1ccc(I)c(C(=O)O)c1. The fraction of sp³-hybridized carbons (Fsp3) is 0.462. The molecule has 0 amide bonds. The quantitative estimate of drug-likeness (QED) is 0.465. The van der Waals surface area contributed by atoms with E-state index in [1.54, 1.807) is 7.11 Å². The van der Waals surface area contributed by atoms with Gasteiger partial charge >= 0.3 is 5.97 Å². The molecule has 0 aliphatic carbocycles. The third-order valence-electron chi connectivity index (χ3n) is 2.80. The molecule has 2 N–H and O–H groups in total. The lowest BCUT2D eigenvalue weighted by molar-refractivity contribution is 0.0695. The summed E-state index contributed by atoms with van der Waals surface area (Å²) in [6, 6.07) is 4.07. The highest BCUT2D eigenvalue weighted by Crippen LogP contribution is 2.18. The minimum atomic E-state index is -3.67. The second-order valence-electron chi connectivity index (χ2n) is 4.40. The van der Waals surface area contributed by atoms with Crippen molar-refractivity contribution in [2.75, 3.05) is 20.3 Å². The number of hydrogen-bond acceptors (Lipinski definition) is 4. The van der Waals surface area contributed by atoms with Crippen LogP contribution in [0.2, 0.25) is 0 Å². The molecule has 0 fully saturated rings. The molecule has 0 bridgehead atoms. The maximum absolute atomic E-state index is 12.1. The Morgan fingerprint density at radius 2 is 2.05 bits per heavy atom. The van der Waals surface area contributed by atoms with E-state index < -0.39 is 16.0 Å². The van der Waals surface area contributed by atoms with Gasteiger partial charge in [0, 0.05) is 23.8 Å². The molecular formula is C13H18INO5S. The van der Waals surface area contributed by atoms with Crippen molar-refractivity contribution in [1.82, 2.24) is 4.72 Å². The molecule has 0 aliphatic rings. The normalized spacial score (nSPS) is 11.5. The highest BCUT2D eigenvalue weighted by molar-refractivity contribution is 14.1. The minimum Gasteiger partial charge on any atom is -0.478 e. The molecule has 1 rings (SSSR count). The molecule has 0 heterocycles. The van der Waals surface area contributed by atoms with Gasteiger partial charge in [0.1, 0.15) is 0 Å². The second kappa shape index (κ2) is 8.66. The molecule has 0 saturated heterocycles. The number of aromatic carboxylic acids is 1. The monoisotopic (exact) mass is 427 g/mol. The first-order valence-corrected chi connectivity index (χ1v) is 8.96. The summed E-state index contributed by atoms with van der Waals surface area (Å²) in [6.45, 7) is 0.978. The van der Waals surface area contributed by atoms with Gasteiger partial charge in [-0.3, -0.25) is 0 Å². The molecule has 0 radical (unpaired) electrons. The minimum absolute atomic E-state index is 0.0152. The van der Waals surface area contributed by atoms with Crippen LogP contribution in [-0.2, 0) is 14.8 Å². The number of methoxy groups -OCH3 is 1. The molecule has 1 aromatic rings. The first kappa shape index (κ1) is 18.3. The highest BCUT2D eigenvalue weighted by atomic mass is 127. The maximum atomic E-state index is 12.1. The van der Waals surface area contributed by atoms with Gasteiger partial charge in [0.15, 0.2) is 0 Å². The van der Waals surface area contributed by atoms with Crippen LogP contribution in [0, 0.1) is 3.57 Å². The number of carboxylic acids is 1. The van der Waals surface area contributed by atoms with Crippen LogP contribution >= 0.6 is 22.6 Å². The van der Waals surface area contributed by atoms with Crippen molar-refractivity contribution in [3.8, 4) is 0 Å². The Kier molecular flexibility index (Phi) is 7.57.